The molecule has 0 saturated heterocycles. The van der Waals surface area contributed by atoms with Gasteiger partial charge in [0.25, 0.3) is 0 Å². The molecule has 0 bridgehead atoms. The number of nitrogens with zero attached hydrogens (tertiary/aromatic N) is 1. The van der Waals surface area contributed by atoms with E-state index in [1.165, 1.54) is 21.3 Å². The first-order chi connectivity index (χ1) is 6.10. The van der Waals surface area contributed by atoms with E-state index < -0.39 is 8.80 Å². The molecule has 0 radical (unpaired) electrons. The van der Waals surface area contributed by atoms with E-state index in [1.807, 2.05) is 0 Å². The number of nitro groups is 1. The first-order valence-electron chi connectivity index (χ1n) is 3.87. The van der Waals surface area contributed by atoms with Crippen LogP contribution in [-0.2, 0) is 13.3 Å². The molecule has 0 amide bonds. The molecule has 7 heteroatoms. The van der Waals surface area contributed by atoms with Crippen LogP contribution in [0.1, 0.15) is 6.42 Å². The van der Waals surface area contributed by atoms with Gasteiger partial charge in [-0.15, -0.1) is 0 Å². The summed E-state index contributed by atoms with van der Waals surface area (Å²) in [7, 11) is 1.89. The summed E-state index contributed by atoms with van der Waals surface area (Å²) in [5.41, 5.74) is 0. The molecule has 0 N–H and O–H groups in total. The lowest BCUT2D eigenvalue weighted by Crippen LogP contribution is -2.42. The Morgan fingerprint density at radius 3 is 2.00 bits per heavy atom. The smallest absolute Gasteiger partial charge is 0.377 e. The number of rotatable bonds is 7. The fraction of sp³-hybridized carbons (Fsp3) is 1.00. The normalized spacial score (nSPS) is 11.6. The van der Waals surface area contributed by atoms with Crippen molar-refractivity contribution in [1.29, 1.82) is 0 Å². The van der Waals surface area contributed by atoms with Gasteiger partial charge in [0.1, 0.15) is 0 Å². The van der Waals surface area contributed by atoms with Gasteiger partial charge in [-0.25, -0.2) is 0 Å². The molecular formula is C6H15NO5Si. The van der Waals surface area contributed by atoms with Crippen molar-refractivity contribution in [2.24, 2.45) is 0 Å². The summed E-state index contributed by atoms with van der Waals surface area (Å²) in [6, 6.07) is 0.470. The second-order valence-electron chi connectivity index (χ2n) is 2.46. The molecular weight excluding hydrogens is 194 g/mol. The highest BCUT2D eigenvalue weighted by atomic mass is 28.4. The van der Waals surface area contributed by atoms with Gasteiger partial charge in [0.15, 0.2) is 0 Å². The Labute approximate surface area is 78.3 Å². The molecule has 0 aromatic rings. The van der Waals surface area contributed by atoms with Gasteiger partial charge in [-0.2, -0.15) is 0 Å². The van der Waals surface area contributed by atoms with Gasteiger partial charge in [0.05, 0.1) is 0 Å². The molecule has 0 unspecified atom stereocenters. The first kappa shape index (κ1) is 12.5. The van der Waals surface area contributed by atoms with E-state index in [-0.39, 0.29) is 11.5 Å². The highest BCUT2D eigenvalue weighted by molar-refractivity contribution is 6.60. The summed E-state index contributed by atoms with van der Waals surface area (Å²) in [5.74, 6) is 0. The van der Waals surface area contributed by atoms with E-state index in [2.05, 4.69) is 0 Å². The lowest BCUT2D eigenvalue weighted by molar-refractivity contribution is -0.479. The Morgan fingerprint density at radius 2 is 1.69 bits per heavy atom. The van der Waals surface area contributed by atoms with Crippen molar-refractivity contribution in [1.82, 2.24) is 0 Å². The van der Waals surface area contributed by atoms with Crippen molar-refractivity contribution in [3.8, 4) is 0 Å². The van der Waals surface area contributed by atoms with Crippen molar-refractivity contribution in [3.05, 3.63) is 10.1 Å². The molecule has 78 valence electrons. The minimum atomic E-state index is -2.59. The zero-order valence-corrected chi connectivity index (χ0v) is 9.11. The van der Waals surface area contributed by atoms with E-state index in [1.54, 1.807) is 0 Å². The lowest BCUT2D eigenvalue weighted by Gasteiger charge is -2.23. The topological polar surface area (TPSA) is 70.8 Å². The third-order valence-corrected chi connectivity index (χ3v) is 4.59. The molecule has 0 aliphatic carbocycles. The second kappa shape index (κ2) is 6.03. The highest BCUT2D eigenvalue weighted by Gasteiger charge is 2.37. The summed E-state index contributed by atoms with van der Waals surface area (Å²) >= 11 is 0. The molecule has 0 aromatic heterocycles. The van der Waals surface area contributed by atoms with Gasteiger partial charge < -0.3 is 13.3 Å². The van der Waals surface area contributed by atoms with Crippen LogP contribution in [0.2, 0.25) is 6.04 Å². The van der Waals surface area contributed by atoms with Crippen molar-refractivity contribution in [2.75, 3.05) is 27.9 Å². The SMILES string of the molecule is CO[Si](CCC[N+](=O)[O-])(OC)OC. The van der Waals surface area contributed by atoms with E-state index >= 15 is 0 Å². The average Bonchev–Trinajstić information content (AvgIpc) is 2.13. The van der Waals surface area contributed by atoms with Crippen LogP contribution in [0.5, 0.6) is 0 Å². The Hall–Kier alpha value is -0.503. The largest absolute Gasteiger partial charge is 0.500 e. The van der Waals surface area contributed by atoms with Crippen LogP contribution in [0.3, 0.4) is 0 Å². The molecule has 13 heavy (non-hydrogen) atoms. The van der Waals surface area contributed by atoms with Gasteiger partial charge in [0.2, 0.25) is 6.54 Å². The monoisotopic (exact) mass is 209 g/mol. The van der Waals surface area contributed by atoms with Crippen molar-refractivity contribution in [2.45, 2.75) is 12.5 Å². The zero-order chi connectivity index (χ0) is 10.3. The van der Waals surface area contributed by atoms with Gasteiger partial charge in [-0.05, 0) is 0 Å². The molecule has 0 atom stereocenters. The Kier molecular flexibility index (Phi) is 5.79. The van der Waals surface area contributed by atoms with Gasteiger partial charge in [-0.3, -0.25) is 10.1 Å². The standard InChI is InChI=1S/C6H15NO5Si/c1-10-13(11-2,12-3)6-4-5-7(8)9/h4-6H2,1-3H3. The Morgan fingerprint density at radius 1 is 1.23 bits per heavy atom. The fourth-order valence-electron chi connectivity index (χ4n) is 0.981. The third-order valence-electron chi connectivity index (χ3n) is 1.76. The van der Waals surface area contributed by atoms with Crippen LogP contribution >= 0.6 is 0 Å². The van der Waals surface area contributed by atoms with Gasteiger partial charge in [0, 0.05) is 38.7 Å². The minimum absolute atomic E-state index is 0.0785. The lowest BCUT2D eigenvalue weighted by atomic mass is 10.5. The molecule has 0 fully saturated rings. The predicted molar refractivity (Wildman–Crippen MR) is 48.1 cm³/mol. The minimum Gasteiger partial charge on any atom is -0.377 e. The maximum Gasteiger partial charge on any atom is 0.500 e. The zero-order valence-electron chi connectivity index (χ0n) is 8.11. The van der Waals surface area contributed by atoms with Crippen LogP contribution in [0.4, 0.5) is 0 Å². The van der Waals surface area contributed by atoms with E-state index in [4.69, 9.17) is 13.3 Å². The summed E-state index contributed by atoms with van der Waals surface area (Å²) in [5, 5.41) is 10.0. The number of hydrogen-bond acceptors (Lipinski definition) is 5. The summed E-state index contributed by atoms with van der Waals surface area (Å²) < 4.78 is 15.3. The van der Waals surface area contributed by atoms with Crippen LogP contribution in [0.25, 0.3) is 0 Å². The van der Waals surface area contributed by atoms with E-state index in [0.29, 0.717) is 12.5 Å². The van der Waals surface area contributed by atoms with Crippen molar-refractivity contribution >= 4 is 8.80 Å². The van der Waals surface area contributed by atoms with E-state index in [0.717, 1.165) is 0 Å². The predicted octanol–water partition coefficient (Wildman–Crippen LogP) is 0.531. The number of hydrogen-bond donors (Lipinski definition) is 0. The fourth-order valence-corrected chi connectivity index (χ4v) is 2.68. The van der Waals surface area contributed by atoms with Crippen LogP contribution in [-0.4, -0.2) is 41.6 Å². The Balaban J connectivity index is 3.88. The van der Waals surface area contributed by atoms with Crippen molar-refractivity contribution in [3.63, 3.8) is 0 Å². The van der Waals surface area contributed by atoms with Crippen LogP contribution < -0.4 is 0 Å². The molecule has 6 nitrogen and oxygen atoms in total. The van der Waals surface area contributed by atoms with E-state index in [9.17, 15) is 10.1 Å². The molecule has 0 spiro atoms. The molecule has 0 aromatic carbocycles. The maximum absolute atomic E-state index is 10.0. The molecule has 0 saturated carbocycles. The highest BCUT2D eigenvalue weighted by Crippen LogP contribution is 2.14. The van der Waals surface area contributed by atoms with Crippen LogP contribution in [0, 0.1) is 10.1 Å². The molecule has 0 rings (SSSR count). The summed E-state index contributed by atoms with van der Waals surface area (Å²) in [4.78, 5) is 9.69. The molecule has 0 aliphatic rings. The Bertz CT molecular complexity index is 153. The van der Waals surface area contributed by atoms with Crippen molar-refractivity contribution < 1.29 is 18.2 Å². The van der Waals surface area contributed by atoms with Gasteiger partial charge in [-0.1, -0.05) is 0 Å². The molecule has 0 aliphatic heterocycles. The second-order valence-corrected chi connectivity index (χ2v) is 5.55. The van der Waals surface area contributed by atoms with Crippen LogP contribution in [0.15, 0.2) is 0 Å². The molecule has 0 heterocycles. The maximum atomic E-state index is 10.0. The third kappa shape index (κ3) is 4.32. The van der Waals surface area contributed by atoms with Gasteiger partial charge >= 0.3 is 8.80 Å². The summed E-state index contributed by atoms with van der Waals surface area (Å²) in [6.45, 7) is -0.0785. The first-order valence-corrected chi connectivity index (χ1v) is 5.80. The quantitative estimate of drug-likeness (QED) is 0.347. The summed E-state index contributed by atoms with van der Waals surface area (Å²) in [6.07, 6.45) is 0.411. The average molecular weight is 209 g/mol.